The van der Waals surface area contributed by atoms with Crippen LogP contribution in [0, 0.1) is 12.8 Å². The zero-order chi connectivity index (χ0) is 17.1. The number of piperidine rings is 1. The summed E-state index contributed by atoms with van der Waals surface area (Å²) in [7, 11) is 0. The molecule has 0 unspecified atom stereocenters. The number of rotatable bonds is 4. The van der Waals surface area contributed by atoms with E-state index in [1.807, 2.05) is 6.92 Å². The fourth-order valence-electron chi connectivity index (χ4n) is 3.27. The van der Waals surface area contributed by atoms with Crippen LogP contribution < -0.4 is 10.2 Å². The summed E-state index contributed by atoms with van der Waals surface area (Å²) in [6.45, 7) is 10.9. The number of nitrogens with zero attached hydrogens (tertiary/aromatic N) is 3. The summed E-state index contributed by atoms with van der Waals surface area (Å²) in [5.41, 5.74) is 2.44. The van der Waals surface area contributed by atoms with Crippen LogP contribution in [0.5, 0.6) is 0 Å². The van der Waals surface area contributed by atoms with Crippen LogP contribution in [-0.4, -0.2) is 23.1 Å². The maximum absolute atomic E-state index is 4.66. The monoisotopic (exact) mass is 324 g/mol. The van der Waals surface area contributed by atoms with Crippen molar-refractivity contribution in [2.75, 3.05) is 23.3 Å². The molecule has 2 heterocycles. The Morgan fingerprint density at radius 3 is 2.54 bits per heavy atom. The summed E-state index contributed by atoms with van der Waals surface area (Å²) < 4.78 is 0. The second-order valence-corrected chi connectivity index (χ2v) is 7.20. The summed E-state index contributed by atoms with van der Waals surface area (Å²) in [5.74, 6) is 4.03. The molecule has 1 aromatic heterocycles. The van der Waals surface area contributed by atoms with Crippen molar-refractivity contribution in [2.24, 2.45) is 5.92 Å². The highest BCUT2D eigenvalue weighted by Gasteiger charge is 2.18. The second-order valence-electron chi connectivity index (χ2n) is 7.20. The third-order valence-corrected chi connectivity index (χ3v) is 4.78. The number of hydrogen-bond donors (Lipinski definition) is 1. The number of aromatic nitrogens is 2. The van der Waals surface area contributed by atoms with Gasteiger partial charge in [-0.15, -0.1) is 0 Å². The smallest absolute Gasteiger partial charge is 0.136 e. The van der Waals surface area contributed by atoms with Gasteiger partial charge < -0.3 is 10.2 Å². The third-order valence-electron chi connectivity index (χ3n) is 4.78. The molecule has 4 nitrogen and oxygen atoms in total. The lowest BCUT2D eigenvalue weighted by Crippen LogP contribution is -2.33. The van der Waals surface area contributed by atoms with Gasteiger partial charge in [0, 0.05) is 24.8 Å². The fourth-order valence-corrected chi connectivity index (χ4v) is 3.27. The predicted molar refractivity (Wildman–Crippen MR) is 101 cm³/mol. The highest BCUT2D eigenvalue weighted by atomic mass is 15.2. The van der Waals surface area contributed by atoms with E-state index in [0.29, 0.717) is 5.92 Å². The molecule has 1 aliphatic rings. The topological polar surface area (TPSA) is 41.1 Å². The van der Waals surface area contributed by atoms with E-state index >= 15 is 0 Å². The van der Waals surface area contributed by atoms with E-state index in [1.165, 1.54) is 18.4 Å². The molecule has 1 aliphatic heterocycles. The van der Waals surface area contributed by atoms with Crippen molar-refractivity contribution in [1.29, 1.82) is 0 Å². The summed E-state index contributed by atoms with van der Waals surface area (Å²) in [6.07, 6.45) is 2.48. The van der Waals surface area contributed by atoms with Crippen molar-refractivity contribution >= 4 is 17.3 Å². The lowest BCUT2D eigenvalue weighted by atomic mass is 9.99. The van der Waals surface area contributed by atoms with Crippen LogP contribution in [0.3, 0.4) is 0 Å². The van der Waals surface area contributed by atoms with Crippen molar-refractivity contribution < 1.29 is 0 Å². The van der Waals surface area contributed by atoms with Gasteiger partial charge in [-0.2, -0.15) is 0 Å². The van der Waals surface area contributed by atoms with Gasteiger partial charge in [0.25, 0.3) is 0 Å². The van der Waals surface area contributed by atoms with Crippen LogP contribution in [0.25, 0.3) is 0 Å². The quantitative estimate of drug-likeness (QED) is 0.869. The zero-order valence-electron chi connectivity index (χ0n) is 15.2. The number of aryl methyl sites for hydroxylation is 1. The van der Waals surface area contributed by atoms with Gasteiger partial charge >= 0.3 is 0 Å². The molecule has 128 valence electrons. The zero-order valence-corrected chi connectivity index (χ0v) is 15.2. The summed E-state index contributed by atoms with van der Waals surface area (Å²) >= 11 is 0. The van der Waals surface area contributed by atoms with E-state index in [2.05, 4.69) is 71.3 Å². The maximum atomic E-state index is 4.66. The molecule has 2 aromatic rings. The molecule has 0 radical (unpaired) electrons. The van der Waals surface area contributed by atoms with Gasteiger partial charge in [-0.1, -0.05) is 39.0 Å². The van der Waals surface area contributed by atoms with Crippen LogP contribution in [0.1, 0.15) is 50.9 Å². The lowest BCUT2D eigenvalue weighted by Gasteiger charge is -2.31. The van der Waals surface area contributed by atoms with Gasteiger partial charge in [0.15, 0.2) is 0 Å². The Balaban J connectivity index is 1.84. The number of nitrogens with one attached hydrogen (secondary N) is 1. The molecule has 0 bridgehead atoms. The van der Waals surface area contributed by atoms with E-state index in [-0.39, 0.29) is 0 Å². The van der Waals surface area contributed by atoms with Gasteiger partial charge in [-0.3, -0.25) is 0 Å². The Hall–Kier alpha value is -2.10. The molecular formula is C20H28N4. The van der Waals surface area contributed by atoms with Crippen LogP contribution in [0.4, 0.5) is 17.3 Å². The number of para-hydroxylation sites is 1. The average molecular weight is 324 g/mol. The van der Waals surface area contributed by atoms with Gasteiger partial charge in [-0.25, -0.2) is 9.97 Å². The SMILES string of the molecule is Cc1nc(Nc2ccccc2C(C)C)cc(N2CCC(C)CC2)n1. The molecule has 1 saturated heterocycles. The summed E-state index contributed by atoms with van der Waals surface area (Å²) in [5, 5.41) is 3.51. The average Bonchev–Trinajstić information content (AvgIpc) is 2.55. The van der Waals surface area contributed by atoms with Crippen molar-refractivity contribution in [3.05, 3.63) is 41.7 Å². The van der Waals surface area contributed by atoms with Crippen molar-refractivity contribution in [1.82, 2.24) is 9.97 Å². The molecular weight excluding hydrogens is 296 g/mol. The van der Waals surface area contributed by atoms with Crippen LogP contribution in [0.2, 0.25) is 0 Å². The first kappa shape index (κ1) is 16.7. The Kier molecular flexibility index (Phi) is 5.03. The Bertz CT molecular complexity index is 688. The fraction of sp³-hybridized carbons (Fsp3) is 0.500. The van der Waals surface area contributed by atoms with E-state index in [9.17, 15) is 0 Å². The number of benzene rings is 1. The molecule has 1 aromatic carbocycles. The van der Waals surface area contributed by atoms with Crippen molar-refractivity contribution in [3.63, 3.8) is 0 Å². The molecule has 3 rings (SSSR count). The highest BCUT2D eigenvalue weighted by Crippen LogP contribution is 2.28. The highest BCUT2D eigenvalue weighted by molar-refractivity contribution is 5.63. The molecule has 24 heavy (non-hydrogen) atoms. The van der Waals surface area contributed by atoms with Gasteiger partial charge in [-0.05, 0) is 43.2 Å². The van der Waals surface area contributed by atoms with E-state index in [1.54, 1.807) is 0 Å². The molecule has 0 aliphatic carbocycles. The second kappa shape index (κ2) is 7.20. The van der Waals surface area contributed by atoms with E-state index < -0.39 is 0 Å². The molecule has 0 spiro atoms. The van der Waals surface area contributed by atoms with Crippen molar-refractivity contribution in [3.8, 4) is 0 Å². The first-order valence-corrected chi connectivity index (χ1v) is 8.99. The van der Waals surface area contributed by atoms with E-state index in [4.69, 9.17) is 0 Å². The first-order valence-electron chi connectivity index (χ1n) is 8.99. The largest absolute Gasteiger partial charge is 0.356 e. The first-order chi connectivity index (χ1) is 11.5. The Morgan fingerprint density at radius 2 is 1.83 bits per heavy atom. The normalized spacial score (nSPS) is 15.8. The van der Waals surface area contributed by atoms with Gasteiger partial charge in [0.1, 0.15) is 17.5 Å². The maximum Gasteiger partial charge on any atom is 0.136 e. The standard InChI is InChI=1S/C20H28N4/c1-14(2)17-7-5-6-8-18(17)23-19-13-20(22-16(4)21-19)24-11-9-15(3)10-12-24/h5-8,13-15H,9-12H2,1-4H3,(H,21,22,23). The minimum Gasteiger partial charge on any atom is -0.356 e. The van der Waals surface area contributed by atoms with Gasteiger partial charge in [0.2, 0.25) is 0 Å². The van der Waals surface area contributed by atoms with Crippen molar-refractivity contribution in [2.45, 2.75) is 46.5 Å². The van der Waals surface area contributed by atoms with Crippen LogP contribution in [-0.2, 0) is 0 Å². The summed E-state index contributed by atoms with van der Waals surface area (Å²) in [4.78, 5) is 11.6. The molecule has 0 saturated carbocycles. The van der Waals surface area contributed by atoms with E-state index in [0.717, 1.165) is 42.2 Å². The molecule has 1 fully saturated rings. The van der Waals surface area contributed by atoms with Gasteiger partial charge in [0.05, 0.1) is 0 Å². The van der Waals surface area contributed by atoms with Crippen LogP contribution in [0.15, 0.2) is 30.3 Å². The Labute approximate surface area is 145 Å². The Morgan fingerprint density at radius 1 is 1.12 bits per heavy atom. The number of anilines is 3. The van der Waals surface area contributed by atoms with Crippen LogP contribution >= 0.6 is 0 Å². The molecule has 1 N–H and O–H groups in total. The molecule has 0 amide bonds. The minimum atomic E-state index is 0.472. The third kappa shape index (κ3) is 3.86. The minimum absolute atomic E-state index is 0.472. The predicted octanol–water partition coefficient (Wildman–Crippen LogP) is 4.89. The summed E-state index contributed by atoms with van der Waals surface area (Å²) in [6, 6.07) is 10.5. The lowest BCUT2D eigenvalue weighted by molar-refractivity contribution is 0.436. The molecule has 0 atom stereocenters. The number of hydrogen-bond acceptors (Lipinski definition) is 4. The molecule has 4 heteroatoms.